The number of hydrogen-bond acceptors (Lipinski definition) is 35. The van der Waals surface area contributed by atoms with Gasteiger partial charge in [0.2, 0.25) is 72.3 Å². The molecule has 0 bridgehead atoms. The largest absolute Gasteiger partial charge is 0.494 e. The summed E-state index contributed by atoms with van der Waals surface area (Å²) < 4.78 is 136. The highest BCUT2D eigenvalue weighted by Crippen LogP contribution is 2.35. The maximum absolute atomic E-state index is 14.6. The van der Waals surface area contributed by atoms with Crippen LogP contribution in [0.3, 0.4) is 0 Å². The number of hydrogen-bond donors (Lipinski definition) is 25. The number of amides is 9. The first-order valence-corrected chi connectivity index (χ1v) is 53.2. The molecule has 3 unspecified atom stereocenters. The van der Waals surface area contributed by atoms with Crippen LogP contribution in [0.4, 0.5) is 11.9 Å². The number of imidazole rings is 2. The Bertz CT molecular complexity index is 6410. The molecule has 25 N–H and O–H groups in total. The number of aryl methyl sites for hydroxylation is 6. The molecule has 1 fully saturated rings. The van der Waals surface area contributed by atoms with Gasteiger partial charge in [0.1, 0.15) is 52.8 Å². The number of ether oxygens (including phenoxy) is 2. The van der Waals surface area contributed by atoms with Crippen molar-refractivity contribution in [2.24, 2.45) is 14.1 Å². The van der Waals surface area contributed by atoms with Crippen molar-refractivity contribution >= 4 is 153 Å². The summed E-state index contributed by atoms with van der Waals surface area (Å²) in [6.45, 7) is 5.58. The molecule has 4 aromatic carbocycles. The van der Waals surface area contributed by atoms with Gasteiger partial charge in [0.05, 0.1) is 86.9 Å². The molecule has 0 spiro atoms. The van der Waals surface area contributed by atoms with Crippen LogP contribution >= 0.6 is 21.7 Å². The van der Waals surface area contributed by atoms with Crippen LogP contribution in [0.1, 0.15) is 99.5 Å². The van der Waals surface area contributed by atoms with E-state index in [2.05, 4.69) is 87.9 Å². The van der Waals surface area contributed by atoms with Gasteiger partial charge in [-0.15, -0.1) is 0 Å². The minimum Gasteiger partial charge on any atom is -0.494 e. The number of carboxylic acid groups (broad SMARTS) is 4. The quantitative estimate of drug-likeness (QED) is 0.0207. The Labute approximate surface area is 858 Å². The van der Waals surface area contributed by atoms with E-state index in [1.54, 1.807) is 94.2 Å². The van der Waals surface area contributed by atoms with Gasteiger partial charge in [0.25, 0.3) is 11.8 Å². The van der Waals surface area contributed by atoms with E-state index in [0.29, 0.717) is 55.7 Å². The summed E-state index contributed by atoms with van der Waals surface area (Å²) in [5.74, 6) is -15.7. The number of likely N-dealkylation sites (N-methyl/N-ethyl adjacent to an activating group) is 1. The Kier molecular flexibility index (Phi) is 44.2. The van der Waals surface area contributed by atoms with Crippen molar-refractivity contribution in [1.29, 1.82) is 0 Å². The number of carbonyl (C=O) groups is 13. The van der Waals surface area contributed by atoms with Crippen molar-refractivity contribution in [2.75, 3.05) is 153 Å². The molecule has 58 heteroatoms. The number of rotatable bonds is 56. The number of aromatic amines is 2. The van der Waals surface area contributed by atoms with Gasteiger partial charge in [-0.1, -0.05) is 19.1 Å². The van der Waals surface area contributed by atoms with Gasteiger partial charge in [0, 0.05) is 186 Å². The Morgan fingerprint density at radius 2 is 0.805 bits per heavy atom. The smallest absolute Gasteiger partial charge is 0.323 e. The van der Waals surface area contributed by atoms with Gasteiger partial charge in [-0.2, -0.15) is 9.44 Å². The lowest BCUT2D eigenvalue weighted by Crippen LogP contribution is -2.57. The molecule has 1 aliphatic heterocycles. The van der Waals surface area contributed by atoms with Crippen LogP contribution in [0.5, 0.6) is 11.5 Å². The van der Waals surface area contributed by atoms with Crippen LogP contribution in [-0.2, 0) is 100.0 Å². The van der Waals surface area contributed by atoms with Crippen LogP contribution < -0.4 is 88.3 Å². The lowest BCUT2D eigenvalue weighted by Gasteiger charge is -2.33. The predicted molar refractivity (Wildman–Crippen MR) is 544 cm³/mol. The van der Waals surface area contributed by atoms with E-state index in [1.165, 1.54) is 69.3 Å². The molecule has 1 aliphatic rings. The van der Waals surface area contributed by atoms with Gasteiger partial charge in [0.15, 0.2) is 11.9 Å². The molecule has 0 radical (unpaired) electrons. The second-order valence-electron chi connectivity index (χ2n) is 35.1. The summed E-state index contributed by atoms with van der Waals surface area (Å²) in [5.41, 5.74) is 1.01. The van der Waals surface area contributed by atoms with Crippen molar-refractivity contribution in [2.45, 2.75) is 126 Å². The number of sulfonamides is 2. The molecule has 1 saturated heterocycles. The van der Waals surface area contributed by atoms with Crippen LogP contribution in [0.2, 0.25) is 0 Å². The van der Waals surface area contributed by atoms with Crippen molar-refractivity contribution in [3.63, 3.8) is 0 Å². The van der Waals surface area contributed by atoms with Crippen molar-refractivity contribution in [3.05, 3.63) is 163 Å². The number of aromatic nitrogens is 6. The van der Waals surface area contributed by atoms with E-state index in [4.69, 9.17) is 9.47 Å². The number of nitrogens with one attached hydrogen (secondary N) is 15. The number of fused-ring (bicyclic) bond motifs is 2. The first-order chi connectivity index (χ1) is 70.3. The maximum Gasteiger partial charge on any atom is 0.323 e. The predicted octanol–water partition coefficient (Wildman–Crippen LogP) is -0.807. The second-order valence-corrected chi connectivity index (χ2v) is 41.6. The van der Waals surface area contributed by atoms with Gasteiger partial charge in [-0.3, -0.25) is 86.6 Å². The molecule has 5 heterocycles. The zero-order valence-corrected chi connectivity index (χ0v) is 85.9. The fourth-order valence-corrected chi connectivity index (χ4v) is 20.7. The molecule has 9 amide bonds. The molecule has 5 atom stereocenters. The highest BCUT2D eigenvalue weighted by Gasteiger charge is 2.37. The summed E-state index contributed by atoms with van der Waals surface area (Å²) >= 11 is 0. The average molecular weight is 2170 g/mol. The standard InChI is InChI=1S/C91H127N23O31S4/c1-8-111-27-29-113(50-77(119)120)33-31-112(32-34-114(30-28-111)51-78(121)122)49-76(118)104-66(87(129)106-70(53-147(137,138)139)86(128)95-22-20-93-74(116)12-10-36-145-61-39-56(4)82(57(5)40-61)149(142,143)108-68(89(132)133)46-101-84(126)65-48-110(7)72-42-59(14-16-63(72)80(65)124)44-103-91-98-25-26-99-91)17-18-75(117)105-69(52-146(134,135)136)85(127)94-21-19-92-73(115)11-9-35-144-60-37-54(2)81(55(3)38-60)148(140,141)107-67(88(130)131)45-100-83(125)64-47-109(6)71-41-58(13-15-62(71)79(64)123)43-102-90-96-23-24-97-90/h13-16,23-26,37-42,47-48,66-70,107-108,134-139H,8-12,17-22,27-36,43-46,49-53H2,1-7H3,(H,92,115)(H,93,116)(H,94,127)(H,95,128)(H,100,125)(H,101,126)(H,104,118)(H,105,117)(H,106,129)(H,119,120)(H,121,122)(H,130,131)(H,132,133)(H2,96,97,102)(H2,98,99,103)/t66-,67-,68?,69?,70?/m0/s1. The fourth-order valence-electron chi connectivity index (χ4n) is 16.1. The number of aliphatic carboxylic acids is 4. The van der Waals surface area contributed by atoms with Crippen LogP contribution in [0.25, 0.3) is 21.8 Å². The SMILES string of the molecule is CCN1CCN(CC(=O)O)CCN(CC(=O)N[C@@H](CCC(=O)NC(CS(O)(O)O)C(=O)NCCNC(=O)CCCOc2cc(C)c(S(=O)(=O)N[C@@H](CNC(=O)c3cn(C)c4cc(CNc5ncc[nH]5)ccc4c3=O)C(=O)O)c(C)c2)C(=O)NC(CS(O)(O)O)C(=O)NCCNC(=O)CCCOc2cc(C)c(S(=O)(=O)NC(CNC(=O)c3cn(C)c4cc(CNc5ncc[nH]5)ccc4c3=O)C(=O)O)c(C)c2)CCN(CC(=O)O)CC1. The molecule has 816 valence electrons. The molecule has 0 aliphatic carbocycles. The number of pyridine rings is 2. The summed E-state index contributed by atoms with van der Waals surface area (Å²) in [6.07, 6.45) is 7.11. The van der Waals surface area contributed by atoms with E-state index in [1.807, 2.05) is 11.8 Å². The van der Waals surface area contributed by atoms with Crippen molar-refractivity contribution in [1.82, 2.24) is 106 Å². The van der Waals surface area contributed by atoms with E-state index >= 15 is 0 Å². The zero-order chi connectivity index (χ0) is 109. The minimum absolute atomic E-state index is 0.0139. The van der Waals surface area contributed by atoms with E-state index in [9.17, 15) is 136 Å². The third kappa shape index (κ3) is 37.7. The topological polar surface area (TPSA) is 782 Å². The number of anilines is 2. The second kappa shape index (κ2) is 55.4. The van der Waals surface area contributed by atoms with Crippen LogP contribution in [-0.4, -0.2) is 363 Å². The summed E-state index contributed by atoms with van der Waals surface area (Å²) in [4.78, 5) is 220. The Balaban J connectivity index is 0.760. The minimum atomic E-state index is -4.69. The first-order valence-electron chi connectivity index (χ1n) is 46.9. The maximum atomic E-state index is 14.6. The Morgan fingerprint density at radius 3 is 1.17 bits per heavy atom. The van der Waals surface area contributed by atoms with E-state index < -0.39 is 224 Å². The number of H-pyrrole nitrogens is 2. The third-order valence-electron chi connectivity index (χ3n) is 23.4. The lowest BCUT2D eigenvalue weighted by molar-refractivity contribution is -0.139. The number of nitrogens with zero attached hydrogens (tertiary/aromatic N) is 8. The molecule has 0 saturated carbocycles. The van der Waals surface area contributed by atoms with E-state index in [-0.39, 0.29) is 163 Å². The van der Waals surface area contributed by atoms with Gasteiger partial charge in [-0.05, 0) is 135 Å². The molecule has 4 aromatic heterocycles. The molecular weight excluding hydrogens is 2040 g/mol. The Morgan fingerprint density at radius 1 is 0.436 bits per heavy atom. The first kappa shape index (κ1) is 119. The van der Waals surface area contributed by atoms with Gasteiger partial charge >= 0.3 is 23.9 Å². The molecule has 9 rings (SSSR count). The number of carboxylic acids is 4. The van der Waals surface area contributed by atoms with E-state index in [0.717, 1.165) is 11.1 Å². The van der Waals surface area contributed by atoms with Gasteiger partial charge in [-0.25, -0.2) is 26.8 Å². The molecule has 54 nitrogen and oxygen atoms in total. The number of benzene rings is 4. The van der Waals surface area contributed by atoms with Crippen LogP contribution in [0, 0.1) is 27.7 Å². The molecule has 8 aromatic rings. The van der Waals surface area contributed by atoms with Crippen molar-refractivity contribution in [3.8, 4) is 11.5 Å². The lowest BCUT2D eigenvalue weighted by atomic mass is 10.1. The fraction of sp³-hybridized carbons (Fsp3) is 0.462. The van der Waals surface area contributed by atoms with Gasteiger partial charge < -0.3 is 140 Å². The Hall–Kier alpha value is -13.9. The summed E-state index contributed by atoms with van der Waals surface area (Å²) in [7, 11) is -15.4. The molecular formula is C91H127N23O31S4. The zero-order valence-electron chi connectivity index (χ0n) is 82.6. The average Bonchev–Trinajstić information content (AvgIpc) is 1.17. The highest BCUT2D eigenvalue weighted by molar-refractivity contribution is 8.19. The highest BCUT2D eigenvalue weighted by atomic mass is 32.3. The normalized spacial score (nSPS) is 14.6. The summed E-state index contributed by atoms with van der Waals surface area (Å²) in [5, 5.41) is 67.9. The van der Waals surface area contributed by atoms with Crippen molar-refractivity contribution < 1.29 is 136 Å². The number of carbonyl (C=O) groups excluding carboxylic acids is 9. The van der Waals surface area contributed by atoms with Crippen LogP contribution in [0.15, 0.2) is 117 Å². The summed E-state index contributed by atoms with van der Waals surface area (Å²) in [6, 6.07) is 5.56. The monoisotopic (exact) mass is 2170 g/mol. The third-order valence-corrected chi connectivity index (χ3v) is 28.5. The molecule has 149 heavy (non-hydrogen) atoms.